The van der Waals surface area contributed by atoms with E-state index < -0.39 is 11.3 Å². The molecule has 0 aliphatic heterocycles. The van der Waals surface area contributed by atoms with E-state index in [0.29, 0.717) is 6.42 Å². The monoisotopic (exact) mass is 202 g/mol. The van der Waals surface area contributed by atoms with Crippen molar-refractivity contribution in [1.29, 1.82) is 0 Å². The van der Waals surface area contributed by atoms with Gasteiger partial charge in [0.2, 0.25) is 0 Å². The van der Waals surface area contributed by atoms with Gasteiger partial charge in [0.25, 0.3) is 0 Å². The minimum absolute atomic E-state index is 0.0520. The Balaban J connectivity index is 2.40. The highest BCUT2D eigenvalue weighted by atomic mass is 16.2. The number of Topliss-reactive ketones (excluding diaryl/α,β-unsaturated/α-hetero) is 2. The predicted molar refractivity (Wildman–Crippen MR) is 57.6 cm³/mol. The quantitative estimate of drug-likeness (QED) is 0.655. The van der Waals surface area contributed by atoms with Gasteiger partial charge in [-0.05, 0) is 5.56 Å². The summed E-state index contributed by atoms with van der Waals surface area (Å²) < 4.78 is 0. The first kappa shape index (κ1) is 10.1. The van der Waals surface area contributed by atoms with Crippen LogP contribution in [-0.4, -0.2) is 11.6 Å². The third-order valence-electron chi connectivity index (χ3n) is 3.00. The zero-order valence-electron chi connectivity index (χ0n) is 8.99. The van der Waals surface area contributed by atoms with Crippen molar-refractivity contribution < 1.29 is 9.59 Å². The van der Waals surface area contributed by atoms with Gasteiger partial charge in [-0.25, -0.2) is 0 Å². The van der Waals surface area contributed by atoms with Crippen molar-refractivity contribution in [2.24, 2.45) is 5.41 Å². The van der Waals surface area contributed by atoms with E-state index in [1.807, 2.05) is 44.2 Å². The van der Waals surface area contributed by atoms with Crippen LogP contribution in [0.4, 0.5) is 0 Å². The van der Waals surface area contributed by atoms with Gasteiger partial charge in [0.1, 0.15) is 11.7 Å². The lowest BCUT2D eigenvalue weighted by atomic mass is 9.87. The molecule has 1 atom stereocenters. The molecule has 0 spiro atoms. The van der Waals surface area contributed by atoms with Crippen molar-refractivity contribution in [2.75, 3.05) is 0 Å². The summed E-state index contributed by atoms with van der Waals surface area (Å²) in [5.74, 6) is -0.420. The lowest BCUT2D eigenvalue weighted by molar-refractivity contribution is -0.126. The largest absolute Gasteiger partial charge is 0.298 e. The van der Waals surface area contributed by atoms with E-state index >= 15 is 0 Å². The molecule has 78 valence electrons. The molecule has 1 aliphatic rings. The zero-order valence-corrected chi connectivity index (χ0v) is 8.99. The van der Waals surface area contributed by atoms with Crippen LogP contribution in [0.25, 0.3) is 0 Å². The van der Waals surface area contributed by atoms with Crippen molar-refractivity contribution in [3.8, 4) is 0 Å². The van der Waals surface area contributed by atoms with Crippen LogP contribution in [0, 0.1) is 5.41 Å². The fourth-order valence-electron chi connectivity index (χ4n) is 2.14. The summed E-state index contributed by atoms with van der Waals surface area (Å²) in [6.45, 7) is 3.69. The van der Waals surface area contributed by atoms with Crippen LogP contribution in [0.5, 0.6) is 0 Å². The average Bonchev–Trinajstić information content (AvgIpc) is 2.38. The fraction of sp³-hybridized carbons (Fsp3) is 0.385. The maximum atomic E-state index is 12.0. The number of hydrogen-bond donors (Lipinski definition) is 0. The first-order valence-corrected chi connectivity index (χ1v) is 5.14. The summed E-state index contributed by atoms with van der Waals surface area (Å²) in [7, 11) is 0. The van der Waals surface area contributed by atoms with Gasteiger partial charge >= 0.3 is 0 Å². The topological polar surface area (TPSA) is 34.1 Å². The third kappa shape index (κ3) is 1.60. The summed E-state index contributed by atoms with van der Waals surface area (Å²) in [5, 5.41) is 0. The molecule has 0 heterocycles. The molecule has 1 saturated carbocycles. The number of hydrogen-bond acceptors (Lipinski definition) is 2. The van der Waals surface area contributed by atoms with E-state index in [-0.39, 0.29) is 11.6 Å². The van der Waals surface area contributed by atoms with E-state index in [0.717, 1.165) is 5.56 Å². The molecule has 15 heavy (non-hydrogen) atoms. The Labute approximate surface area is 89.3 Å². The Morgan fingerprint density at radius 2 is 1.73 bits per heavy atom. The molecule has 2 nitrogen and oxygen atoms in total. The Morgan fingerprint density at radius 3 is 2.20 bits per heavy atom. The predicted octanol–water partition coefficient (Wildman–Crippen LogP) is 2.34. The number of carbonyl (C=O) groups excluding carboxylic acids is 2. The lowest BCUT2D eigenvalue weighted by Gasteiger charge is -2.14. The van der Waals surface area contributed by atoms with Gasteiger partial charge in [0.05, 0.1) is 0 Å². The van der Waals surface area contributed by atoms with Gasteiger partial charge in [-0.3, -0.25) is 9.59 Å². The van der Waals surface area contributed by atoms with Gasteiger partial charge in [0.15, 0.2) is 5.78 Å². The Bertz CT molecular complexity index is 404. The number of ketones is 2. The standard InChI is InChI=1S/C13H14O2/c1-13(2)8-10(14)11(12(13)15)9-6-4-3-5-7-9/h3-7,11H,8H2,1-2H3. The van der Waals surface area contributed by atoms with Crippen LogP contribution in [0.1, 0.15) is 31.7 Å². The molecule has 2 heteroatoms. The van der Waals surface area contributed by atoms with Crippen molar-refractivity contribution in [2.45, 2.75) is 26.2 Å². The van der Waals surface area contributed by atoms with Crippen LogP contribution < -0.4 is 0 Å². The van der Waals surface area contributed by atoms with E-state index in [9.17, 15) is 9.59 Å². The molecule has 1 aromatic carbocycles. The number of benzene rings is 1. The Kier molecular flexibility index (Phi) is 2.22. The van der Waals surface area contributed by atoms with Gasteiger partial charge < -0.3 is 0 Å². The second kappa shape index (κ2) is 3.30. The Morgan fingerprint density at radius 1 is 1.13 bits per heavy atom. The molecular formula is C13H14O2. The van der Waals surface area contributed by atoms with Crippen molar-refractivity contribution in [1.82, 2.24) is 0 Å². The van der Waals surface area contributed by atoms with Crippen molar-refractivity contribution in [3.05, 3.63) is 35.9 Å². The molecule has 0 amide bonds. The maximum absolute atomic E-state index is 12.0. The Hall–Kier alpha value is -1.44. The highest BCUT2D eigenvalue weighted by Gasteiger charge is 2.46. The van der Waals surface area contributed by atoms with Crippen LogP contribution in [0.2, 0.25) is 0 Å². The number of carbonyl (C=O) groups is 2. The normalized spacial score (nSPS) is 24.5. The zero-order chi connectivity index (χ0) is 11.1. The molecule has 1 aliphatic carbocycles. The second-order valence-electron chi connectivity index (χ2n) is 4.73. The SMILES string of the molecule is CC1(C)CC(=O)C(c2ccccc2)C1=O. The molecule has 2 rings (SSSR count). The molecule has 0 radical (unpaired) electrons. The van der Waals surface area contributed by atoms with Gasteiger partial charge in [-0.1, -0.05) is 44.2 Å². The van der Waals surface area contributed by atoms with Crippen LogP contribution in [0.15, 0.2) is 30.3 Å². The van der Waals surface area contributed by atoms with E-state index in [4.69, 9.17) is 0 Å². The highest BCUT2D eigenvalue weighted by Crippen LogP contribution is 2.40. The summed E-state index contributed by atoms with van der Waals surface area (Å²) in [5.41, 5.74) is 0.343. The van der Waals surface area contributed by atoms with Gasteiger partial charge in [-0.2, -0.15) is 0 Å². The summed E-state index contributed by atoms with van der Waals surface area (Å²) in [6.07, 6.45) is 0.366. The van der Waals surface area contributed by atoms with Crippen molar-refractivity contribution >= 4 is 11.6 Å². The number of rotatable bonds is 1. The highest BCUT2D eigenvalue weighted by molar-refractivity contribution is 6.16. The van der Waals surface area contributed by atoms with E-state index in [1.165, 1.54) is 0 Å². The molecule has 0 N–H and O–H groups in total. The first-order chi connectivity index (χ1) is 7.02. The summed E-state index contributed by atoms with van der Waals surface area (Å²) in [4.78, 5) is 23.8. The minimum Gasteiger partial charge on any atom is -0.298 e. The molecule has 1 unspecified atom stereocenters. The smallest absolute Gasteiger partial charge is 0.153 e. The first-order valence-electron chi connectivity index (χ1n) is 5.14. The third-order valence-corrected chi connectivity index (χ3v) is 3.00. The molecule has 1 fully saturated rings. The average molecular weight is 202 g/mol. The summed E-state index contributed by atoms with van der Waals surface area (Å²) in [6, 6.07) is 9.31. The minimum atomic E-state index is -0.527. The second-order valence-corrected chi connectivity index (χ2v) is 4.73. The lowest BCUT2D eigenvalue weighted by Crippen LogP contribution is -2.20. The van der Waals surface area contributed by atoms with Crippen LogP contribution >= 0.6 is 0 Å². The van der Waals surface area contributed by atoms with Crippen LogP contribution in [-0.2, 0) is 9.59 Å². The molecule has 0 saturated heterocycles. The molecule has 0 aromatic heterocycles. The van der Waals surface area contributed by atoms with Gasteiger partial charge in [0, 0.05) is 11.8 Å². The van der Waals surface area contributed by atoms with Gasteiger partial charge in [-0.15, -0.1) is 0 Å². The van der Waals surface area contributed by atoms with Crippen molar-refractivity contribution in [3.63, 3.8) is 0 Å². The molecule has 1 aromatic rings. The fourth-order valence-corrected chi connectivity index (χ4v) is 2.14. The molecular weight excluding hydrogens is 188 g/mol. The molecule has 0 bridgehead atoms. The summed E-state index contributed by atoms with van der Waals surface area (Å²) >= 11 is 0. The van der Waals surface area contributed by atoms with E-state index in [2.05, 4.69) is 0 Å². The maximum Gasteiger partial charge on any atom is 0.153 e. The van der Waals surface area contributed by atoms with E-state index in [1.54, 1.807) is 0 Å². The van der Waals surface area contributed by atoms with Crippen LogP contribution in [0.3, 0.4) is 0 Å².